The van der Waals surface area contributed by atoms with Gasteiger partial charge >= 0.3 is 0 Å². The van der Waals surface area contributed by atoms with Crippen LogP contribution in [0, 0.1) is 0 Å². The first-order valence-corrected chi connectivity index (χ1v) is 8.07. The molecule has 1 saturated heterocycles. The first-order valence-electron chi connectivity index (χ1n) is 7.28. The molecule has 0 amide bonds. The SMILES string of the molecule is Nc1cccc(N2CCN(Cc3ccc(Br)cc3)CC2)c1. The first-order chi connectivity index (χ1) is 10.2. The molecule has 0 bridgehead atoms. The van der Waals surface area contributed by atoms with Crippen molar-refractivity contribution in [3.63, 3.8) is 0 Å². The Morgan fingerprint density at radius 2 is 1.67 bits per heavy atom. The summed E-state index contributed by atoms with van der Waals surface area (Å²) in [4.78, 5) is 4.92. The van der Waals surface area contributed by atoms with Crippen molar-refractivity contribution in [1.29, 1.82) is 0 Å². The highest BCUT2D eigenvalue weighted by molar-refractivity contribution is 9.10. The van der Waals surface area contributed by atoms with Crippen LogP contribution in [0.5, 0.6) is 0 Å². The van der Waals surface area contributed by atoms with Gasteiger partial charge in [-0.25, -0.2) is 0 Å². The molecule has 0 atom stereocenters. The van der Waals surface area contributed by atoms with E-state index >= 15 is 0 Å². The number of rotatable bonds is 3. The van der Waals surface area contributed by atoms with Gasteiger partial charge < -0.3 is 10.6 Å². The summed E-state index contributed by atoms with van der Waals surface area (Å²) < 4.78 is 1.14. The Bertz CT molecular complexity index is 589. The van der Waals surface area contributed by atoms with Crippen LogP contribution < -0.4 is 10.6 Å². The summed E-state index contributed by atoms with van der Waals surface area (Å²) in [5, 5.41) is 0. The van der Waals surface area contributed by atoms with Crippen molar-refractivity contribution in [1.82, 2.24) is 4.90 Å². The average molecular weight is 346 g/mol. The summed E-state index contributed by atoms with van der Waals surface area (Å²) in [5.41, 5.74) is 9.31. The van der Waals surface area contributed by atoms with Crippen LogP contribution in [0.1, 0.15) is 5.56 Å². The third-order valence-electron chi connectivity index (χ3n) is 3.93. The largest absolute Gasteiger partial charge is 0.399 e. The highest BCUT2D eigenvalue weighted by Gasteiger charge is 2.17. The van der Waals surface area contributed by atoms with Crippen molar-refractivity contribution in [2.75, 3.05) is 36.8 Å². The lowest BCUT2D eigenvalue weighted by Gasteiger charge is -2.36. The van der Waals surface area contributed by atoms with Crippen molar-refractivity contribution in [3.8, 4) is 0 Å². The van der Waals surface area contributed by atoms with Crippen LogP contribution in [0.25, 0.3) is 0 Å². The number of nitrogens with zero attached hydrogens (tertiary/aromatic N) is 2. The van der Waals surface area contributed by atoms with Crippen LogP contribution in [0.3, 0.4) is 0 Å². The summed E-state index contributed by atoms with van der Waals surface area (Å²) in [6, 6.07) is 16.8. The van der Waals surface area contributed by atoms with E-state index in [1.165, 1.54) is 11.3 Å². The summed E-state index contributed by atoms with van der Waals surface area (Å²) in [5.74, 6) is 0. The molecule has 1 fully saturated rings. The number of nitrogens with two attached hydrogens (primary N) is 1. The fourth-order valence-electron chi connectivity index (χ4n) is 2.73. The Labute approximate surface area is 134 Å². The maximum absolute atomic E-state index is 5.87. The van der Waals surface area contributed by atoms with Gasteiger partial charge in [-0.3, -0.25) is 4.90 Å². The smallest absolute Gasteiger partial charge is 0.0387 e. The van der Waals surface area contributed by atoms with Gasteiger partial charge in [-0.2, -0.15) is 0 Å². The van der Waals surface area contributed by atoms with Crippen LogP contribution in [0.2, 0.25) is 0 Å². The van der Waals surface area contributed by atoms with Crippen molar-refractivity contribution in [2.45, 2.75) is 6.54 Å². The fraction of sp³-hybridized carbons (Fsp3) is 0.294. The van der Waals surface area contributed by atoms with Gasteiger partial charge in [0.25, 0.3) is 0 Å². The highest BCUT2D eigenvalue weighted by Crippen LogP contribution is 2.20. The number of halogens is 1. The molecule has 0 saturated carbocycles. The Balaban J connectivity index is 1.56. The summed E-state index contributed by atoms with van der Waals surface area (Å²) in [6.07, 6.45) is 0. The topological polar surface area (TPSA) is 32.5 Å². The molecule has 0 aromatic heterocycles. The molecule has 1 heterocycles. The molecule has 2 aromatic carbocycles. The van der Waals surface area contributed by atoms with Gasteiger partial charge in [0, 0.05) is 48.6 Å². The molecule has 1 aliphatic rings. The Kier molecular flexibility index (Phi) is 4.46. The van der Waals surface area contributed by atoms with Gasteiger partial charge in [-0.15, -0.1) is 0 Å². The zero-order chi connectivity index (χ0) is 14.7. The predicted octanol–water partition coefficient (Wildman–Crippen LogP) is 3.35. The maximum Gasteiger partial charge on any atom is 0.0387 e. The van der Waals surface area contributed by atoms with Gasteiger partial charge in [0.1, 0.15) is 0 Å². The van der Waals surface area contributed by atoms with Crippen molar-refractivity contribution in [3.05, 3.63) is 58.6 Å². The van der Waals surface area contributed by atoms with Gasteiger partial charge in [0.15, 0.2) is 0 Å². The van der Waals surface area contributed by atoms with E-state index in [2.05, 4.69) is 62.1 Å². The lowest BCUT2D eigenvalue weighted by molar-refractivity contribution is 0.250. The van der Waals surface area contributed by atoms with Crippen molar-refractivity contribution in [2.24, 2.45) is 0 Å². The van der Waals surface area contributed by atoms with Gasteiger partial charge in [0.05, 0.1) is 0 Å². The van der Waals surface area contributed by atoms with E-state index in [0.717, 1.165) is 42.9 Å². The summed E-state index contributed by atoms with van der Waals surface area (Å²) in [7, 11) is 0. The Morgan fingerprint density at radius 1 is 0.952 bits per heavy atom. The molecular weight excluding hydrogens is 326 g/mol. The molecule has 4 heteroatoms. The van der Waals surface area contributed by atoms with Crippen LogP contribution >= 0.6 is 15.9 Å². The molecule has 1 aliphatic heterocycles. The van der Waals surface area contributed by atoms with E-state index in [1.54, 1.807) is 0 Å². The molecule has 3 rings (SSSR count). The fourth-order valence-corrected chi connectivity index (χ4v) is 3.00. The van der Waals surface area contributed by atoms with Crippen LogP contribution in [-0.4, -0.2) is 31.1 Å². The second-order valence-electron chi connectivity index (χ2n) is 5.48. The lowest BCUT2D eigenvalue weighted by atomic mass is 10.2. The number of anilines is 2. The molecular formula is C17H20BrN3. The number of benzene rings is 2. The minimum Gasteiger partial charge on any atom is -0.399 e. The quantitative estimate of drug-likeness (QED) is 0.865. The summed E-state index contributed by atoms with van der Waals surface area (Å²) in [6.45, 7) is 5.31. The Morgan fingerprint density at radius 3 is 2.33 bits per heavy atom. The molecule has 21 heavy (non-hydrogen) atoms. The number of piperazine rings is 1. The minimum atomic E-state index is 0.838. The first kappa shape index (κ1) is 14.4. The molecule has 0 unspecified atom stereocenters. The van der Waals surface area contributed by atoms with E-state index in [4.69, 9.17) is 5.73 Å². The average Bonchev–Trinajstić information content (AvgIpc) is 2.50. The van der Waals surface area contributed by atoms with Crippen LogP contribution in [0.15, 0.2) is 53.0 Å². The molecule has 2 N–H and O–H groups in total. The molecule has 0 radical (unpaired) electrons. The van der Waals surface area contributed by atoms with Gasteiger partial charge in [-0.1, -0.05) is 34.1 Å². The van der Waals surface area contributed by atoms with Crippen LogP contribution in [-0.2, 0) is 6.54 Å². The van der Waals surface area contributed by atoms with Gasteiger partial charge in [0.2, 0.25) is 0 Å². The van der Waals surface area contributed by atoms with E-state index in [1.807, 2.05) is 12.1 Å². The predicted molar refractivity (Wildman–Crippen MR) is 92.5 cm³/mol. The van der Waals surface area contributed by atoms with E-state index in [-0.39, 0.29) is 0 Å². The second-order valence-corrected chi connectivity index (χ2v) is 6.40. The lowest BCUT2D eigenvalue weighted by Crippen LogP contribution is -2.45. The molecule has 0 spiro atoms. The monoisotopic (exact) mass is 345 g/mol. The standard InChI is InChI=1S/C17H20BrN3/c18-15-6-4-14(5-7-15)13-20-8-10-21(11-9-20)17-3-1-2-16(19)12-17/h1-7,12H,8-11,13,19H2. The minimum absolute atomic E-state index is 0.838. The normalized spacial score (nSPS) is 16.1. The molecule has 3 nitrogen and oxygen atoms in total. The second kappa shape index (κ2) is 6.50. The highest BCUT2D eigenvalue weighted by atomic mass is 79.9. The number of hydrogen-bond donors (Lipinski definition) is 1. The van der Waals surface area contributed by atoms with Crippen LogP contribution in [0.4, 0.5) is 11.4 Å². The van der Waals surface area contributed by atoms with E-state index in [0.29, 0.717) is 0 Å². The molecule has 0 aliphatic carbocycles. The van der Waals surface area contributed by atoms with Crippen molar-refractivity contribution < 1.29 is 0 Å². The summed E-state index contributed by atoms with van der Waals surface area (Å²) >= 11 is 3.48. The molecule has 110 valence electrons. The van der Waals surface area contributed by atoms with E-state index in [9.17, 15) is 0 Å². The maximum atomic E-state index is 5.87. The Hall–Kier alpha value is -1.52. The van der Waals surface area contributed by atoms with E-state index < -0.39 is 0 Å². The molecule has 2 aromatic rings. The number of nitrogen functional groups attached to an aromatic ring is 1. The number of hydrogen-bond acceptors (Lipinski definition) is 3. The van der Waals surface area contributed by atoms with Gasteiger partial charge in [-0.05, 0) is 35.9 Å². The third-order valence-corrected chi connectivity index (χ3v) is 4.46. The zero-order valence-electron chi connectivity index (χ0n) is 12.0. The third kappa shape index (κ3) is 3.77. The zero-order valence-corrected chi connectivity index (χ0v) is 13.6. The van der Waals surface area contributed by atoms with Crippen molar-refractivity contribution >= 4 is 27.3 Å².